The molecule has 0 saturated carbocycles. The summed E-state index contributed by atoms with van der Waals surface area (Å²) in [4.78, 5) is 27.2. The van der Waals surface area contributed by atoms with Gasteiger partial charge in [0.1, 0.15) is 0 Å². The predicted octanol–water partition coefficient (Wildman–Crippen LogP) is 18.0. The second-order valence-corrected chi connectivity index (χ2v) is 25.2. The molecular formula is C64H56I3N7. The molecule has 3 aromatic heterocycles. The van der Waals surface area contributed by atoms with Crippen LogP contribution in [0.5, 0.6) is 0 Å². The molecule has 10 aromatic rings. The second-order valence-electron chi connectivity index (χ2n) is 21.5. The Balaban J connectivity index is 1.30. The number of hydrogen-bond acceptors (Lipinski definition) is 6. The Labute approximate surface area is 475 Å². The summed E-state index contributed by atoms with van der Waals surface area (Å²) in [5, 5.41) is 12.1. The van der Waals surface area contributed by atoms with Crippen LogP contribution in [0.2, 0.25) is 0 Å². The lowest BCUT2D eigenvalue weighted by atomic mass is 9.85. The van der Waals surface area contributed by atoms with Crippen molar-refractivity contribution < 1.29 is 0 Å². The van der Waals surface area contributed by atoms with Crippen molar-refractivity contribution in [1.82, 2.24) is 29.5 Å². The molecule has 3 heterocycles. The maximum Gasteiger partial charge on any atom is 0.166 e. The molecule has 10 rings (SSSR count). The maximum absolute atomic E-state index is 10.1. The van der Waals surface area contributed by atoms with Crippen LogP contribution in [0.15, 0.2) is 140 Å². The number of aryl methyl sites for hydroxylation is 3. The van der Waals surface area contributed by atoms with Gasteiger partial charge in [-0.15, -0.1) is 0 Å². The molecule has 0 aliphatic carbocycles. The lowest BCUT2D eigenvalue weighted by molar-refractivity contribution is 0.589. The number of nitriles is 1. The molecule has 0 unspecified atom stereocenters. The van der Waals surface area contributed by atoms with Gasteiger partial charge in [-0.2, -0.15) is 5.26 Å². The molecule has 0 spiro atoms. The van der Waals surface area contributed by atoms with Crippen molar-refractivity contribution in [2.75, 3.05) is 0 Å². The summed E-state index contributed by atoms with van der Waals surface area (Å²) in [5.74, 6) is 2.38. The van der Waals surface area contributed by atoms with Crippen LogP contribution in [0.4, 0.5) is 0 Å². The second kappa shape index (κ2) is 20.7. The molecule has 0 amide bonds. The summed E-state index contributed by atoms with van der Waals surface area (Å²) in [5.41, 5.74) is 16.4. The van der Waals surface area contributed by atoms with Gasteiger partial charge in [-0.25, -0.2) is 24.9 Å². The zero-order valence-corrected chi connectivity index (χ0v) is 49.6. The summed E-state index contributed by atoms with van der Waals surface area (Å²) in [7, 11) is 0. The highest BCUT2D eigenvalue weighted by Gasteiger charge is 2.24. The highest BCUT2D eigenvalue weighted by Crippen LogP contribution is 2.41. The number of halogens is 3. The lowest BCUT2D eigenvalue weighted by Gasteiger charge is -2.21. The Morgan fingerprint density at radius 2 is 1.07 bits per heavy atom. The number of benzene rings is 7. The van der Waals surface area contributed by atoms with Crippen molar-refractivity contribution in [3.63, 3.8) is 0 Å². The van der Waals surface area contributed by atoms with Crippen LogP contribution in [0.1, 0.15) is 94.7 Å². The van der Waals surface area contributed by atoms with Gasteiger partial charge in [0.2, 0.25) is 0 Å². The Morgan fingerprint density at radius 1 is 0.500 bits per heavy atom. The van der Waals surface area contributed by atoms with Gasteiger partial charge in [0.15, 0.2) is 23.3 Å². The first-order chi connectivity index (χ1) is 35.3. The minimum atomic E-state index is -0.106. The number of aromatic nitrogens is 6. The van der Waals surface area contributed by atoms with Crippen LogP contribution in [0, 0.1) is 35.9 Å². The largest absolute Gasteiger partial charge is 0.308 e. The molecule has 0 aliphatic heterocycles. The van der Waals surface area contributed by atoms with Crippen molar-refractivity contribution >= 4 is 89.6 Å². The fourth-order valence-electron chi connectivity index (χ4n) is 9.68. The molecule has 0 N–H and O–H groups in total. The Morgan fingerprint density at radius 3 is 1.76 bits per heavy atom. The van der Waals surface area contributed by atoms with Gasteiger partial charge in [0.25, 0.3) is 0 Å². The van der Waals surface area contributed by atoms with E-state index in [1.165, 1.54) is 16.7 Å². The first-order valence-electron chi connectivity index (χ1n) is 25.1. The molecule has 0 saturated heterocycles. The number of hydrogen-bond donors (Lipinski definition) is 0. The highest BCUT2D eigenvalue weighted by molar-refractivity contribution is 14.1. The molecule has 74 heavy (non-hydrogen) atoms. The fourth-order valence-corrected chi connectivity index (χ4v) is 11.9. The van der Waals surface area contributed by atoms with E-state index >= 15 is 0 Å². The number of fused-ring (bicyclic) bond motifs is 3. The van der Waals surface area contributed by atoms with E-state index in [0.717, 1.165) is 113 Å². The molecular weight excluding hydrogens is 1250 g/mol. The first kappa shape index (κ1) is 51.6. The molecule has 0 radical (unpaired) electrons. The van der Waals surface area contributed by atoms with Gasteiger partial charge in [-0.3, -0.25) is 0 Å². The Kier molecular flexibility index (Phi) is 14.4. The number of nitrogens with zero attached hydrogens (tertiary/aromatic N) is 7. The number of para-hydroxylation sites is 1. The predicted molar refractivity (Wildman–Crippen MR) is 331 cm³/mol. The van der Waals surface area contributed by atoms with Crippen LogP contribution in [0.3, 0.4) is 0 Å². The third-order valence-electron chi connectivity index (χ3n) is 13.5. The Bertz CT molecular complexity index is 3870. The summed E-state index contributed by atoms with van der Waals surface area (Å²) in [6, 6.07) is 52.0. The van der Waals surface area contributed by atoms with Gasteiger partial charge in [-0.05, 0) is 237 Å². The molecule has 0 fully saturated rings. The van der Waals surface area contributed by atoms with Gasteiger partial charge >= 0.3 is 0 Å². The molecule has 0 aliphatic rings. The first-order valence-corrected chi connectivity index (χ1v) is 28.3. The van der Waals surface area contributed by atoms with Gasteiger partial charge < -0.3 is 4.57 Å². The van der Waals surface area contributed by atoms with Gasteiger partial charge in [-0.1, -0.05) is 90.8 Å². The van der Waals surface area contributed by atoms with E-state index < -0.39 is 0 Å². The van der Waals surface area contributed by atoms with Crippen LogP contribution >= 0.6 is 67.8 Å². The molecule has 7 aromatic carbocycles. The molecule has 0 atom stereocenters. The van der Waals surface area contributed by atoms with Crippen molar-refractivity contribution in [1.29, 1.82) is 5.26 Å². The fraction of sp³-hybridized carbons (Fsp3) is 0.219. The summed E-state index contributed by atoms with van der Waals surface area (Å²) in [6.45, 7) is 20.0. The van der Waals surface area contributed by atoms with Crippen molar-refractivity contribution in [3.05, 3.63) is 184 Å². The van der Waals surface area contributed by atoms with E-state index in [-0.39, 0.29) is 10.8 Å². The van der Waals surface area contributed by atoms with Crippen molar-refractivity contribution in [2.24, 2.45) is 0 Å². The van der Waals surface area contributed by atoms with Crippen LogP contribution in [-0.2, 0) is 17.3 Å². The minimum absolute atomic E-state index is 0.0825. The topological polar surface area (TPSA) is 93.2 Å². The Hall–Kier alpha value is -5.89. The monoisotopic (exact) mass is 1300 g/mol. The summed E-state index contributed by atoms with van der Waals surface area (Å²) in [6.07, 6.45) is 3.16. The van der Waals surface area contributed by atoms with E-state index in [0.29, 0.717) is 28.9 Å². The maximum atomic E-state index is 10.1. The van der Waals surface area contributed by atoms with Gasteiger partial charge in [0.05, 0.1) is 39.7 Å². The summed E-state index contributed by atoms with van der Waals surface area (Å²) >= 11 is 7.24. The SMILES string of the molecule is CCCCc1cc(I)cc(-c2nc(-c3cc(C)cc(C(C)(C)C)c3)nc(-c3cc(-c4cc(-c5cc(C)cc(I)c5)nc(-c5cc(I)cc(C(C)(C)C)c5)n4)ccc3-n3c4ccccc4c4cc(C#N)ccc43)n2)c1. The molecule has 7 nitrogen and oxygen atoms in total. The van der Waals surface area contributed by atoms with E-state index in [1.807, 2.05) is 12.1 Å². The standard InChI is InChI=1S/C64H56I3N7/c1-10-11-14-39-25-44(31-49(66)26-39)61-71-60(43-22-37(2)23-46(28-43)63(4,5)6)72-62(73-61)53-33-41(18-20-58(53)74-56-16-13-12-15-51(56)52-27-40(36-68)17-19-57(52)74)54-35-55(42-21-38(3)24-48(65)30-42)70-59(69-54)45-29-47(64(7,8)9)34-50(67)32-45/h12-13,15-35H,10-11,14H2,1-9H3. The average Bonchev–Trinajstić information content (AvgIpc) is 3.70. The third kappa shape index (κ3) is 10.8. The normalized spacial score (nSPS) is 11.9. The number of unbranched alkanes of at least 4 members (excludes halogenated alkanes) is 1. The van der Waals surface area contributed by atoms with Crippen molar-refractivity contribution in [3.8, 4) is 79.8 Å². The van der Waals surface area contributed by atoms with E-state index in [9.17, 15) is 5.26 Å². The minimum Gasteiger partial charge on any atom is -0.308 e. The van der Waals surface area contributed by atoms with E-state index in [1.54, 1.807) is 0 Å². The van der Waals surface area contributed by atoms with Gasteiger partial charge in [0, 0.05) is 54.9 Å². The molecule has 368 valence electrons. The van der Waals surface area contributed by atoms with E-state index in [2.05, 4.69) is 268 Å². The quantitative estimate of drug-likeness (QED) is 0.127. The highest BCUT2D eigenvalue weighted by atomic mass is 127. The molecule has 10 heteroatoms. The smallest absolute Gasteiger partial charge is 0.166 e. The molecule has 0 bridgehead atoms. The van der Waals surface area contributed by atoms with Crippen LogP contribution in [0.25, 0.3) is 95.6 Å². The number of rotatable bonds is 10. The van der Waals surface area contributed by atoms with E-state index in [4.69, 9.17) is 24.9 Å². The van der Waals surface area contributed by atoms with Crippen LogP contribution in [-0.4, -0.2) is 29.5 Å². The zero-order valence-electron chi connectivity index (χ0n) is 43.2. The zero-order chi connectivity index (χ0) is 52.2. The third-order valence-corrected chi connectivity index (χ3v) is 15.4. The van der Waals surface area contributed by atoms with Crippen LogP contribution < -0.4 is 0 Å². The summed E-state index contributed by atoms with van der Waals surface area (Å²) < 4.78 is 5.68. The lowest BCUT2D eigenvalue weighted by Crippen LogP contribution is -2.12. The average molecular weight is 1300 g/mol. The van der Waals surface area contributed by atoms with Crippen molar-refractivity contribution in [2.45, 2.75) is 92.4 Å².